The van der Waals surface area contributed by atoms with Gasteiger partial charge in [0.05, 0.1) is 18.3 Å². The Morgan fingerprint density at radius 3 is 2.31 bits per heavy atom. The molecule has 1 aromatic heterocycles. The molecule has 0 spiro atoms. The molecule has 0 atom stereocenters. The van der Waals surface area contributed by atoms with Crippen LogP contribution >= 0.6 is 0 Å². The smallest absolute Gasteiger partial charge is 0.547 e. The van der Waals surface area contributed by atoms with E-state index in [1.54, 1.807) is 0 Å². The van der Waals surface area contributed by atoms with E-state index in [0.717, 1.165) is 16.7 Å². The average Bonchev–Trinajstić information content (AvgIpc) is 3.21. The van der Waals surface area contributed by atoms with Crippen molar-refractivity contribution in [3.63, 3.8) is 0 Å². The largest absolute Gasteiger partial charge is 1.00 e. The molecular weight excluding hydrogens is 413 g/mol. The van der Waals surface area contributed by atoms with Crippen LogP contribution in [-0.2, 0) is 22.7 Å². The summed E-state index contributed by atoms with van der Waals surface area (Å²) in [5.41, 5.74) is 2.99. The predicted octanol–water partition coefficient (Wildman–Crippen LogP) is 0.790. The zero-order valence-electron chi connectivity index (χ0n) is 19.0. The number of aliphatic carboxylic acids is 1. The van der Waals surface area contributed by atoms with Crippen LogP contribution in [0.5, 0.6) is 0 Å². The van der Waals surface area contributed by atoms with Crippen molar-refractivity contribution in [2.75, 3.05) is 0 Å². The number of hydrogen-bond acceptors (Lipinski definition) is 4. The number of carboxylic acid groups (broad SMARTS) is 1. The van der Waals surface area contributed by atoms with Crippen molar-refractivity contribution in [1.82, 2.24) is 4.57 Å². The number of aromatic nitrogens is 1. The SMILES string of the molecule is Cc1ccc(C(=O)c2cccn2C/C=C\c2ccc(COC(C)(C)C(=O)[O-])cc2)cc1.[Na+]. The second-order valence-electron chi connectivity index (χ2n) is 7.97. The molecule has 1 heterocycles. The van der Waals surface area contributed by atoms with E-state index in [2.05, 4.69) is 0 Å². The molecule has 0 aliphatic heterocycles. The van der Waals surface area contributed by atoms with E-state index < -0.39 is 11.6 Å². The van der Waals surface area contributed by atoms with Crippen LogP contribution in [0.2, 0.25) is 0 Å². The minimum absolute atomic E-state index is 0. The number of carboxylic acids is 1. The molecule has 160 valence electrons. The van der Waals surface area contributed by atoms with Crippen molar-refractivity contribution in [2.24, 2.45) is 0 Å². The molecule has 0 unspecified atom stereocenters. The molecule has 0 aliphatic carbocycles. The van der Waals surface area contributed by atoms with Gasteiger partial charge in [-0.2, -0.15) is 0 Å². The molecule has 5 nitrogen and oxygen atoms in total. The van der Waals surface area contributed by atoms with Crippen LogP contribution in [0.25, 0.3) is 6.08 Å². The van der Waals surface area contributed by atoms with Gasteiger partial charge in [-0.05, 0) is 44.0 Å². The molecule has 0 radical (unpaired) electrons. The number of ether oxygens (including phenoxy) is 1. The van der Waals surface area contributed by atoms with E-state index in [-0.39, 0.29) is 41.9 Å². The number of aryl methyl sites for hydroxylation is 1. The fourth-order valence-electron chi connectivity index (χ4n) is 2.98. The van der Waals surface area contributed by atoms with E-state index >= 15 is 0 Å². The quantitative estimate of drug-likeness (QED) is 0.365. The molecule has 0 aliphatic rings. The average molecular weight is 439 g/mol. The van der Waals surface area contributed by atoms with Gasteiger partial charge in [-0.15, -0.1) is 0 Å². The molecule has 0 N–H and O–H groups in total. The second kappa shape index (κ2) is 11.4. The van der Waals surface area contributed by atoms with Crippen LogP contribution in [0.3, 0.4) is 0 Å². The van der Waals surface area contributed by atoms with Crippen LogP contribution in [-0.4, -0.2) is 21.9 Å². The molecule has 0 saturated carbocycles. The van der Waals surface area contributed by atoms with E-state index in [1.165, 1.54) is 13.8 Å². The molecular formula is C26H26NNaO4. The van der Waals surface area contributed by atoms with Crippen molar-refractivity contribution < 1.29 is 49.0 Å². The summed E-state index contributed by atoms with van der Waals surface area (Å²) in [6, 6.07) is 19.0. The number of ketones is 1. The number of hydrogen-bond donors (Lipinski definition) is 0. The molecule has 6 heteroatoms. The van der Waals surface area contributed by atoms with Crippen molar-refractivity contribution >= 4 is 17.8 Å². The first-order valence-electron chi connectivity index (χ1n) is 10.1. The molecule has 3 aromatic rings. The third kappa shape index (κ3) is 6.78. The van der Waals surface area contributed by atoms with E-state index in [1.807, 2.05) is 90.5 Å². The van der Waals surface area contributed by atoms with Crippen LogP contribution in [0, 0.1) is 6.92 Å². The second-order valence-corrected chi connectivity index (χ2v) is 7.97. The summed E-state index contributed by atoms with van der Waals surface area (Å²) in [5, 5.41) is 11.0. The van der Waals surface area contributed by atoms with Crippen molar-refractivity contribution in [3.05, 3.63) is 101 Å². The minimum atomic E-state index is -1.33. The zero-order valence-corrected chi connectivity index (χ0v) is 21.0. The summed E-state index contributed by atoms with van der Waals surface area (Å²) < 4.78 is 7.33. The maximum atomic E-state index is 12.8. The molecule has 32 heavy (non-hydrogen) atoms. The van der Waals surface area contributed by atoms with Gasteiger partial charge in [0.2, 0.25) is 5.78 Å². The van der Waals surface area contributed by atoms with Crippen LogP contribution < -0.4 is 34.7 Å². The predicted molar refractivity (Wildman–Crippen MR) is 118 cm³/mol. The summed E-state index contributed by atoms with van der Waals surface area (Å²) in [6.07, 6.45) is 5.87. The van der Waals surface area contributed by atoms with Crippen molar-refractivity contribution in [1.29, 1.82) is 0 Å². The van der Waals surface area contributed by atoms with Gasteiger partial charge in [-0.1, -0.05) is 66.2 Å². The van der Waals surface area contributed by atoms with Gasteiger partial charge in [0.1, 0.15) is 5.60 Å². The van der Waals surface area contributed by atoms with E-state index in [0.29, 0.717) is 17.8 Å². The fraction of sp³-hybridized carbons (Fsp3) is 0.231. The minimum Gasteiger partial charge on any atom is -0.547 e. The maximum Gasteiger partial charge on any atom is 1.00 e. The Bertz CT molecular complexity index is 1080. The Kier molecular flexibility index (Phi) is 9.22. The van der Waals surface area contributed by atoms with Gasteiger partial charge >= 0.3 is 29.6 Å². The number of rotatable bonds is 9. The summed E-state index contributed by atoms with van der Waals surface area (Å²) in [4.78, 5) is 23.8. The Morgan fingerprint density at radius 2 is 1.69 bits per heavy atom. The topological polar surface area (TPSA) is 71.4 Å². The van der Waals surface area contributed by atoms with Crippen molar-refractivity contribution in [2.45, 2.75) is 39.5 Å². The van der Waals surface area contributed by atoms with Crippen LogP contribution in [0.1, 0.15) is 46.6 Å². The molecule has 0 bridgehead atoms. The normalized spacial score (nSPS) is 11.3. The molecule has 3 rings (SSSR count). The van der Waals surface area contributed by atoms with Crippen molar-refractivity contribution in [3.8, 4) is 0 Å². The summed E-state index contributed by atoms with van der Waals surface area (Å²) in [5.74, 6) is -1.24. The monoisotopic (exact) mass is 439 g/mol. The number of carbonyl (C=O) groups is 2. The third-order valence-electron chi connectivity index (χ3n) is 5.06. The van der Waals surface area contributed by atoms with Gasteiger partial charge < -0.3 is 19.2 Å². The van der Waals surface area contributed by atoms with Gasteiger partial charge in [-0.25, -0.2) is 0 Å². The van der Waals surface area contributed by atoms with Gasteiger partial charge in [0.15, 0.2) is 0 Å². The van der Waals surface area contributed by atoms with Gasteiger partial charge in [0, 0.05) is 18.3 Å². The first-order valence-corrected chi connectivity index (χ1v) is 10.1. The maximum absolute atomic E-state index is 12.8. The zero-order chi connectivity index (χ0) is 22.4. The fourth-order valence-corrected chi connectivity index (χ4v) is 2.98. The number of carbonyl (C=O) groups excluding carboxylic acids is 2. The first-order chi connectivity index (χ1) is 14.8. The Morgan fingerprint density at radius 1 is 1.03 bits per heavy atom. The molecule has 0 fully saturated rings. The molecule has 0 amide bonds. The number of benzene rings is 2. The van der Waals surface area contributed by atoms with Crippen LogP contribution in [0.4, 0.5) is 0 Å². The number of nitrogens with zero attached hydrogens (tertiary/aromatic N) is 1. The summed E-state index contributed by atoms with van der Waals surface area (Å²) >= 11 is 0. The van der Waals surface area contributed by atoms with E-state index in [4.69, 9.17) is 4.74 Å². The first kappa shape index (κ1) is 25.8. The van der Waals surface area contributed by atoms with E-state index in [9.17, 15) is 14.7 Å². The number of allylic oxidation sites excluding steroid dienone is 1. The molecule has 2 aromatic carbocycles. The summed E-state index contributed by atoms with van der Waals surface area (Å²) in [7, 11) is 0. The van der Waals surface area contributed by atoms with Crippen LogP contribution in [0.15, 0.2) is 72.9 Å². The standard InChI is InChI=1S/C26H27NO4.Na/c1-19-8-14-22(15-9-19)24(28)23-7-5-17-27(23)16-4-6-20-10-12-21(13-11-20)18-31-26(2,3)25(29)30;/h4-15,17H,16,18H2,1-3H3,(H,29,30);/q;+1/p-1/b6-4-;. The van der Waals surface area contributed by atoms with Gasteiger partial charge in [0.25, 0.3) is 0 Å². The Labute approximate surface area is 211 Å². The summed E-state index contributed by atoms with van der Waals surface area (Å²) in [6.45, 7) is 5.70. The third-order valence-corrected chi connectivity index (χ3v) is 5.06. The Balaban J connectivity index is 0.00000363. The van der Waals surface area contributed by atoms with Gasteiger partial charge in [-0.3, -0.25) is 4.79 Å². The Hall–Kier alpha value is -2.44. The molecule has 0 saturated heterocycles.